The third kappa shape index (κ3) is 5.36. The van der Waals surface area contributed by atoms with E-state index in [-0.39, 0.29) is 17.1 Å². The van der Waals surface area contributed by atoms with Gasteiger partial charge in [0.2, 0.25) is 5.91 Å². The highest BCUT2D eigenvalue weighted by molar-refractivity contribution is 8.00. The zero-order chi connectivity index (χ0) is 23.3. The van der Waals surface area contributed by atoms with Crippen LogP contribution in [0.5, 0.6) is 11.5 Å². The summed E-state index contributed by atoms with van der Waals surface area (Å²) in [7, 11) is 3.12. The molecule has 1 heterocycles. The number of fused-ring (bicyclic) bond motifs is 1. The van der Waals surface area contributed by atoms with Gasteiger partial charge in [0.25, 0.3) is 0 Å². The van der Waals surface area contributed by atoms with E-state index >= 15 is 0 Å². The number of ether oxygens (including phenoxy) is 2. The van der Waals surface area contributed by atoms with Crippen LogP contribution in [0, 0.1) is 22.7 Å². The molecule has 0 radical (unpaired) electrons. The van der Waals surface area contributed by atoms with E-state index in [0.29, 0.717) is 33.7 Å². The van der Waals surface area contributed by atoms with Crippen LogP contribution < -0.4 is 14.8 Å². The fourth-order valence-corrected chi connectivity index (χ4v) is 4.79. The average molecular weight is 454 g/mol. The minimum Gasteiger partial charge on any atom is -0.497 e. The molecule has 0 saturated heterocycles. The van der Waals surface area contributed by atoms with Crippen LogP contribution in [0.15, 0.2) is 29.3 Å². The normalized spacial score (nSPS) is 15.4. The van der Waals surface area contributed by atoms with Crippen molar-refractivity contribution in [3.63, 3.8) is 0 Å². The molecular formula is C25H31N3O3S. The van der Waals surface area contributed by atoms with Gasteiger partial charge in [0.05, 0.1) is 31.2 Å². The maximum Gasteiger partial charge on any atom is 0.234 e. The molecule has 32 heavy (non-hydrogen) atoms. The van der Waals surface area contributed by atoms with E-state index in [2.05, 4.69) is 32.2 Å². The maximum absolute atomic E-state index is 12.6. The predicted octanol–water partition coefficient (Wildman–Crippen LogP) is 5.24. The molecule has 0 fully saturated rings. The molecule has 6 nitrogen and oxygen atoms in total. The Bertz CT molecular complexity index is 1030. The number of methoxy groups -OCH3 is 2. The monoisotopic (exact) mass is 453 g/mol. The van der Waals surface area contributed by atoms with E-state index in [0.717, 1.165) is 31.4 Å². The first kappa shape index (κ1) is 23.9. The van der Waals surface area contributed by atoms with Crippen molar-refractivity contribution in [1.82, 2.24) is 4.98 Å². The third-order valence-corrected chi connectivity index (χ3v) is 7.50. The Kier molecular flexibility index (Phi) is 7.68. The van der Waals surface area contributed by atoms with Gasteiger partial charge in [-0.2, -0.15) is 5.26 Å². The molecule has 2 aromatic rings. The highest BCUT2D eigenvalue weighted by Crippen LogP contribution is 2.40. The number of pyridine rings is 1. The number of aromatic nitrogens is 1. The Morgan fingerprint density at radius 1 is 1.31 bits per heavy atom. The molecule has 1 unspecified atom stereocenters. The van der Waals surface area contributed by atoms with Crippen LogP contribution in [-0.4, -0.2) is 30.9 Å². The Hall–Kier alpha value is -2.72. The summed E-state index contributed by atoms with van der Waals surface area (Å²) in [5.74, 6) is 1.73. The summed E-state index contributed by atoms with van der Waals surface area (Å²) >= 11 is 1.29. The summed E-state index contributed by atoms with van der Waals surface area (Å²) in [5.41, 5.74) is 3.63. The molecular weight excluding hydrogens is 422 g/mol. The van der Waals surface area contributed by atoms with E-state index in [1.54, 1.807) is 32.4 Å². The first-order chi connectivity index (χ1) is 15.3. The van der Waals surface area contributed by atoms with E-state index in [1.807, 2.05) is 6.07 Å². The first-order valence-corrected chi connectivity index (χ1v) is 11.9. The number of nitrogens with zero attached hydrogens (tertiary/aromatic N) is 2. The lowest BCUT2D eigenvalue weighted by Gasteiger charge is -2.37. The lowest BCUT2D eigenvalue weighted by Crippen LogP contribution is -2.29. The van der Waals surface area contributed by atoms with Crippen molar-refractivity contribution in [2.24, 2.45) is 11.3 Å². The number of carbonyl (C=O) groups excluding carboxylic acids is 1. The number of carbonyl (C=O) groups is 1. The van der Waals surface area contributed by atoms with Gasteiger partial charge in [-0.15, -0.1) is 0 Å². The van der Waals surface area contributed by atoms with E-state index in [4.69, 9.17) is 14.5 Å². The van der Waals surface area contributed by atoms with Crippen molar-refractivity contribution in [2.75, 3.05) is 25.3 Å². The van der Waals surface area contributed by atoms with Gasteiger partial charge in [0.15, 0.2) is 0 Å². The second-order valence-corrected chi connectivity index (χ2v) is 9.71. The molecule has 1 aliphatic carbocycles. The molecule has 1 N–H and O–H groups in total. The molecule has 0 spiro atoms. The number of anilines is 1. The van der Waals surface area contributed by atoms with Gasteiger partial charge in [-0.25, -0.2) is 4.98 Å². The van der Waals surface area contributed by atoms with Crippen molar-refractivity contribution in [3.8, 4) is 17.6 Å². The second-order valence-electron chi connectivity index (χ2n) is 8.74. The largest absolute Gasteiger partial charge is 0.497 e. The molecule has 0 aliphatic heterocycles. The maximum atomic E-state index is 12.6. The van der Waals surface area contributed by atoms with Crippen LogP contribution in [0.3, 0.4) is 0 Å². The van der Waals surface area contributed by atoms with Crippen molar-refractivity contribution in [3.05, 3.63) is 41.1 Å². The van der Waals surface area contributed by atoms with Crippen LogP contribution in [0.2, 0.25) is 0 Å². The summed E-state index contributed by atoms with van der Waals surface area (Å²) in [5, 5.41) is 13.2. The van der Waals surface area contributed by atoms with Crippen LogP contribution in [-0.2, 0) is 17.6 Å². The molecule has 7 heteroatoms. The van der Waals surface area contributed by atoms with Crippen LogP contribution in [0.25, 0.3) is 0 Å². The fourth-order valence-electron chi connectivity index (χ4n) is 4.01. The number of rotatable bonds is 8. The van der Waals surface area contributed by atoms with Crippen LogP contribution >= 0.6 is 11.8 Å². The third-order valence-electron chi connectivity index (χ3n) is 6.51. The number of nitrogens with one attached hydrogen (secondary N) is 1. The minimum absolute atomic E-state index is 0.154. The smallest absolute Gasteiger partial charge is 0.234 e. The van der Waals surface area contributed by atoms with Crippen molar-refractivity contribution < 1.29 is 14.3 Å². The van der Waals surface area contributed by atoms with Gasteiger partial charge in [-0.3, -0.25) is 4.79 Å². The molecule has 1 aromatic carbocycles. The first-order valence-electron chi connectivity index (χ1n) is 10.9. The van der Waals surface area contributed by atoms with E-state index < -0.39 is 0 Å². The van der Waals surface area contributed by atoms with Gasteiger partial charge in [-0.05, 0) is 54.4 Å². The number of thioether (sulfide) groups is 1. The topological polar surface area (TPSA) is 84.2 Å². The summed E-state index contributed by atoms with van der Waals surface area (Å²) in [4.78, 5) is 17.3. The van der Waals surface area contributed by atoms with Gasteiger partial charge in [0, 0.05) is 11.8 Å². The molecule has 1 aliphatic rings. The predicted molar refractivity (Wildman–Crippen MR) is 127 cm³/mol. The van der Waals surface area contributed by atoms with Gasteiger partial charge >= 0.3 is 0 Å². The van der Waals surface area contributed by atoms with Crippen LogP contribution in [0.4, 0.5) is 5.69 Å². The van der Waals surface area contributed by atoms with Gasteiger partial charge < -0.3 is 14.8 Å². The number of amides is 1. The molecule has 0 bridgehead atoms. The SMILES string of the molecule is CCC(C)(C)C1CCc2nc(SCC(=O)Nc3ccc(OC)cc3OC)c(C#N)cc2C1. The zero-order valence-electron chi connectivity index (χ0n) is 19.4. The molecule has 3 rings (SSSR count). The molecule has 1 atom stereocenters. The molecule has 0 saturated carbocycles. The minimum atomic E-state index is -0.188. The molecule has 1 amide bonds. The quantitative estimate of drug-likeness (QED) is 0.550. The number of hydrogen-bond donors (Lipinski definition) is 1. The Morgan fingerprint density at radius 2 is 2.09 bits per heavy atom. The van der Waals surface area contributed by atoms with Gasteiger partial charge in [-0.1, -0.05) is 39.0 Å². The number of nitriles is 1. The van der Waals surface area contributed by atoms with Crippen molar-refractivity contribution in [2.45, 2.75) is 51.5 Å². The van der Waals surface area contributed by atoms with Crippen molar-refractivity contribution in [1.29, 1.82) is 5.26 Å². The standard InChI is InChI=1S/C25H31N3O3S/c1-6-25(2,3)18-7-9-20-16(12-18)11-17(14-26)24(28-20)32-15-23(29)27-21-10-8-19(30-4)13-22(21)31-5/h8,10-11,13,18H,6-7,9,12,15H2,1-5H3,(H,27,29). The lowest BCUT2D eigenvalue weighted by atomic mass is 9.69. The summed E-state index contributed by atoms with van der Waals surface area (Å²) < 4.78 is 10.5. The summed E-state index contributed by atoms with van der Waals surface area (Å²) in [6.45, 7) is 6.88. The zero-order valence-corrected chi connectivity index (χ0v) is 20.3. The summed E-state index contributed by atoms with van der Waals surface area (Å²) in [6, 6.07) is 9.47. The lowest BCUT2D eigenvalue weighted by molar-refractivity contribution is -0.113. The Labute approximate surface area is 194 Å². The van der Waals surface area contributed by atoms with Crippen molar-refractivity contribution >= 4 is 23.4 Å². The highest BCUT2D eigenvalue weighted by atomic mass is 32.2. The summed E-state index contributed by atoms with van der Waals surface area (Å²) in [6.07, 6.45) is 4.11. The number of benzene rings is 1. The number of hydrogen-bond acceptors (Lipinski definition) is 6. The fraction of sp³-hybridized carbons (Fsp3) is 0.480. The second kappa shape index (κ2) is 10.3. The Morgan fingerprint density at radius 3 is 2.75 bits per heavy atom. The molecule has 1 aromatic heterocycles. The van der Waals surface area contributed by atoms with Crippen LogP contribution in [0.1, 0.15) is 50.4 Å². The average Bonchev–Trinajstić information content (AvgIpc) is 2.81. The van der Waals surface area contributed by atoms with Gasteiger partial charge in [0.1, 0.15) is 22.6 Å². The molecule has 170 valence electrons. The Balaban J connectivity index is 1.70. The van der Waals surface area contributed by atoms with E-state index in [9.17, 15) is 10.1 Å². The highest BCUT2D eigenvalue weighted by Gasteiger charge is 2.32. The number of aryl methyl sites for hydroxylation is 1. The van der Waals surface area contributed by atoms with E-state index in [1.165, 1.54) is 17.3 Å².